The lowest BCUT2D eigenvalue weighted by atomic mass is 9.86. The summed E-state index contributed by atoms with van der Waals surface area (Å²) in [6.07, 6.45) is 0. The second kappa shape index (κ2) is 5.41. The Bertz CT molecular complexity index is 427. The maximum Gasteiger partial charge on any atom is 0.122 e. The standard InChI is InChI=1S/C16H27NO2/c1-15(2,3)13-10-12(8-9-14(13)19-7)17(6)11-16(4,5)18/h8-10,18H,11H2,1-7H3. The summed E-state index contributed by atoms with van der Waals surface area (Å²) in [6, 6.07) is 6.17. The molecule has 0 heterocycles. The van der Waals surface area contributed by atoms with E-state index in [1.807, 2.05) is 33.0 Å². The summed E-state index contributed by atoms with van der Waals surface area (Å²) in [7, 11) is 3.69. The molecule has 1 aromatic carbocycles. The van der Waals surface area contributed by atoms with E-state index in [1.165, 1.54) is 5.56 Å². The zero-order valence-electron chi connectivity index (χ0n) is 13.2. The molecular weight excluding hydrogens is 238 g/mol. The number of nitrogens with zero attached hydrogens (tertiary/aromatic N) is 1. The van der Waals surface area contributed by atoms with Crippen LogP contribution in [0.15, 0.2) is 18.2 Å². The van der Waals surface area contributed by atoms with Gasteiger partial charge in [-0.25, -0.2) is 0 Å². The average molecular weight is 265 g/mol. The van der Waals surface area contributed by atoms with Gasteiger partial charge in [-0.05, 0) is 37.5 Å². The number of hydrogen-bond acceptors (Lipinski definition) is 3. The molecular formula is C16H27NO2. The fourth-order valence-electron chi connectivity index (χ4n) is 2.19. The van der Waals surface area contributed by atoms with Crippen molar-refractivity contribution in [2.75, 3.05) is 25.6 Å². The first-order chi connectivity index (χ1) is 8.54. The smallest absolute Gasteiger partial charge is 0.122 e. The minimum absolute atomic E-state index is 0.0247. The van der Waals surface area contributed by atoms with E-state index in [1.54, 1.807) is 7.11 Å². The average Bonchev–Trinajstić information content (AvgIpc) is 2.24. The molecule has 0 aliphatic heterocycles. The van der Waals surface area contributed by atoms with Crippen molar-refractivity contribution < 1.29 is 9.84 Å². The SMILES string of the molecule is COc1ccc(N(C)CC(C)(C)O)cc1C(C)(C)C. The van der Waals surface area contributed by atoms with Gasteiger partial charge in [-0.1, -0.05) is 20.8 Å². The van der Waals surface area contributed by atoms with Gasteiger partial charge in [-0.2, -0.15) is 0 Å². The second-order valence-corrected chi connectivity index (χ2v) is 6.80. The quantitative estimate of drug-likeness (QED) is 0.907. The van der Waals surface area contributed by atoms with Gasteiger partial charge in [-0.3, -0.25) is 0 Å². The molecule has 0 bridgehead atoms. The van der Waals surface area contributed by atoms with E-state index < -0.39 is 5.60 Å². The van der Waals surface area contributed by atoms with Crippen LogP contribution in [-0.4, -0.2) is 31.4 Å². The minimum Gasteiger partial charge on any atom is -0.496 e. The number of benzene rings is 1. The predicted octanol–water partition coefficient (Wildman–Crippen LogP) is 3.20. The summed E-state index contributed by atoms with van der Waals surface area (Å²) in [5.74, 6) is 0.910. The van der Waals surface area contributed by atoms with Crippen molar-refractivity contribution in [3.63, 3.8) is 0 Å². The third-order valence-corrected chi connectivity index (χ3v) is 3.06. The highest BCUT2D eigenvalue weighted by Crippen LogP contribution is 2.34. The van der Waals surface area contributed by atoms with E-state index >= 15 is 0 Å². The van der Waals surface area contributed by atoms with Gasteiger partial charge in [0.25, 0.3) is 0 Å². The third kappa shape index (κ3) is 4.43. The maximum absolute atomic E-state index is 9.91. The van der Waals surface area contributed by atoms with Crippen LogP contribution in [0.1, 0.15) is 40.2 Å². The molecule has 0 atom stereocenters. The van der Waals surface area contributed by atoms with Crippen molar-refractivity contribution in [1.29, 1.82) is 0 Å². The van der Waals surface area contributed by atoms with Gasteiger partial charge >= 0.3 is 0 Å². The number of aliphatic hydroxyl groups is 1. The Labute approximate surface area is 117 Å². The van der Waals surface area contributed by atoms with Crippen molar-refractivity contribution in [2.24, 2.45) is 0 Å². The van der Waals surface area contributed by atoms with Gasteiger partial charge < -0.3 is 14.7 Å². The molecule has 1 rings (SSSR count). The molecule has 0 aliphatic carbocycles. The summed E-state index contributed by atoms with van der Waals surface area (Å²) in [5, 5.41) is 9.91. The van der Waals surface area contributed by atoms with Gasteiger partial charge in [0, 0.05) is 24.8 Å². The zero-order valence-corrected chi connectivity index (χ0v) is 13.2. The molecule has 0 radical (unpaired) electrons. The Hall–Kier alpha value is -1.22. The number of likely N-dealkylation sites (N-methyl/N-ethyl adjacent to an activating group) is 1. The molecule has 0 fully saturated rings. The molecule has 108 valence electrons. The molecule has 0 amide bonds. The van der Waals surface area contributed by atoms with Crippen LogP contribution in [0, 0.1) is 0 Å². The van der Waals surface area contributed by atoms with Crippen LogP contribution < -0.4 is 9.64 Å². The van der Waals surface area contributed by atoms with Crippen LogP contribution >= 0.6 is 0 Å². The van der Waals surface area contributed by atoms with Crippen molar-refractivity contribution >= 4 is 5.69 Å². The second-order valence-electron chi connectivity index (χ2n) is 6.80. The Kier molecular flexibility index (Phi) is 4.51. The summed E-state index contributed by atoms with van der Waals surface area (Å²) in [5.41, 5.74) is 1.58. The highest BCUT2D eigenvalue weighted by Gasteiger charge is 2.21. The van der Waals surface area contributed by atoms with Gasteiger partial charge in [0.15, 0.2) is 0 Å². The fraction of sp³-hybridized carbons (Fsp3) is 0.625. The molecule has 0 saturated heterocycles. The monoisotopic (exact) mass is 265 g/mol. The Morgan fingerprint density at radius 2 is 1.74 bits per heavy atom. The summed E-state index contributed by atoms with van der Waals surface area (Å²) in [4.78, 5) is 2.06. The van der Waals surface area contributed by atoms with E-state index in [0.29, 0.717) is 6.54 Å². The first kappa shape index (κ1) is 15.8. The maximum atomic E-state index is 9.91. The van der Waals surface area contributed by atoms with Crippen LogP contribution in [0.2, 0.25) is 0 Å². The lowest BCUT2D eigenvalue weighted by Gasteiger charge is -2.29. The van der Waals surface area contributed by atoms with Gasteiger partial charge in [-0.15, -0.1) is 0 Å². The lowest BCUT2D eigenvalue weighted by molar-refractivity contribution is 0.0886. The third-order valence-electron chi connectivity index (χ3n) is 3.06. The lowest BCUT2D eigenvalue weighted by Crippen LogP contribution is -2.36. The predicted molar refractivity (Wildman–Crippen MR) is 81.3 cm³/mol. The molecule has 0 unspecified atom stereocenters. The van der Waals surface area contributed by atoms with E-state index in [2.05, 4.69) is 31.7 Å². The van der Waals surface area contributed by atoms with E-state index in [-0.39, 0.29) is 5.41 Å². The van der Waals surface area contributed by atoms with Crippen molar-refractivity contribution in [2.45, 2.75) is 45.6 Å². The summed E-state index contributed by atoms with van der Waals surface area (Å²) < 4.78 is 5.44. The number of rotatable bonds is 4. The van der Waals surface area contributed by atoms with Gasteiger partial charge in [0.05, 0.1) is 12.7 Å². The molecule has 19 heavy (non-hydrogen) atoms. The topological polar surface area (TPSA) is 32.7 Å². The van der Waals surface area contributed by atoms with E-state index in [9.17, 15) is 5.11 Å². The van der Waals surface area contributed by atoms with Crippen molar-refractivity contribution in [3.8, 4) is 5.75 Å². The molecule has 0 aliphatic rings. The van der Waals surface area contributed by atoms with Crippen LogP contribution in [0.4, 0.5) is 5.69 Å². The molecule has 0 spiro atoms. The van der Waals surface area contributed by atoms with E-state index in [4.69, 9.17) is 4.74 Å². The van der Waals surface area contributed by atoms with Crippen molar-refractivity contribution in [1.82, 2.24) is 0 Å². The number of methoxy groups -OCH3 is 1. The highest BCUT2D eigenvalue weighted by molar-refractivity contribution is 5.54. The molecule has 1 aromatic rings. The van der Waals surface area contributed by atoms with Gasteiger partial charge in [0.1, 0.15) is 5.75 Å². The summed E-state index contributed by atoms with van der Waals surface area (Å²) >= 11 is 0. The van der Waals surface area contributed by atoms with Crippen LogP contribution in [0.25, 0.3) is 0 Å². The minimum atomic E-state index is -0.712. The number of anilines is 1. The van der Waals surface area contributed by atoms with Crippen LogP contribution in [0.3, 0.4) is 0 Å². The largest absolute Gasteiger partial charge is 0.496 e. The Morgan fingerprint density at radius 1 is 1.16 bits per heavy atom. The van der Waals surface area contributed by atoms with E-state index in [0.717, 1.165) is 11.4 Å². The van der Waals surface area contributed by atoms with Gasteiger partial charge in [0.2, 0.25) is 0 Å². The normalized spacial score (nSPS) is 12.4. The number of ether oxygens (including phenoxy) is 1. The zero-order chi connectivity index (χ0) is 14.8. The van der Waals surface area contributed by atoms with Crippen LogP contribution in [-0.2, 0) is 5.41 Å². The molecule has 3 heteroatoms. The molecule has 0 aromatic heterocycles. The Balaban J connectivity index is 3.12. The molecule has 0 saturated carbocycles. The molecule has 3 nitrogen and oxygen atoms in total. The first-order valence-corrected chi connectivity index (χ1v) is 6.66. The van der Waals surface area contributed by atoms with Crippen LogP contribution in [0.5, 0.6) is 5.75 Å². The summed E-state index contributed by atoms with van der Waals surface area (Å²) in [6.45, 7) is 10.7. The first-order valence-electron chi connectivity index (χ1n) is 6.66. The van der Waals surface area contributed by atoms with Crippen molar-refractivity contribution in [3.05, 3.63) is 23.8 Å². The number of hydrogen-bond donors (Lipinski definition) is 1. The fourth-order valence-corrected chi connectivity index (χ4v) is 2.19. The Morgan fingerprint density at radius 3 is 2.16 bits per heavy atom. The molecule has 1 N–H and O–H groups in total. The highest BCUT2D eigenvalue weighted by atomic mass is 16.5.